The second-order valence-corrected chi connectivity index (χ2v) is 4.46. The highest BCUT2D eigenvalue weighted by atomic mass is 16.1. The van der Waals surface area contributed by atoms with Gasteiger partial charge in [-0.05, 0) is 38.1 Å². The molecule has 0 spiro atoms. The van der Waals surface area contributed by atoms with Gasteiger partial charge in [0.1, 0.15) is 0 Å². The Bertz CT molecular complexity index is 615. The highest BCUT2D eigenvalue weighted by molar-refractivity contribution is 6.05. The number of rotatable bonds is 3. The maximum absolute atomic E-state index is 12.0. The van der Waals surface area contributed by atoms with Crippen molar-refractivity contribution in [2.45, 2.75) is 13.8 Å². The summed E-state index contributed by atoms with van der Waals surface area (Å²) in [5.74, 6) is -0.202. The lowest BCUT2D eigenvalue weighted by Gasteiger charge is -2.06. The molecule has 3 nitrogen and oxygen atoms in total. The summed E-state index contributed by atoms with van der Waals surface area (Å²) in [6.45, 7) is 3.47. The third kappa shape index (κ3) is 3.28. The summed E-state index contributed by atoms with van der Waals surface area (Å²) in [5.41, 5.74) is 2.91. The molecule has 0 aromatic heterocycles. The van der Waals surface area contributed by atoms with E-state index in [1.807, 2.05) is 19.1 Å². The first-order valence-corrected chi connectivity index (χ1v) is 6.05. The van der Waals surface area contributed by atoms with Gasteiger partial charge < -0.3 is 5.32 Å². The molecule has 96 valence electrons. The molecule has 0 fully saturated rings. The van der Waals surface area contributed by atoms with Gasteiger partial charge in [0.05, 0.1) is 0 Å². The van der Waals surface area contributed by atoms with Gasteiger partial charge in [-0.25, -0.2) is 0 Å². The van der Waals surface area contributed by atoms with E-state index in [-0.39, 0.29) is 11.7 Å². The Labute approximate surface area is 112 Å². The first-order chi connectivity index (χ1) is 9.06. The number of hydrogen-bond acceptors (Lipinski definition) is 2. The van der Waals surface area contributed by atoms with Crippen LogP contribution in [0.3, 0.4) is 0 Å². The van der Waals surface area contributed by atoms with Crippen LogP contribution in [0.15, 0.2) is 48.5 Å². The van der Waals surface area contributed by atoms with Crippen LogP contribution < -0.4 is 5.32 Å². The van der Waals surface area contributed by atoms with E-state index in [4.69, 9.17) is 0 Å². The van der Waals surface area contributed by atoms with E-state index in [1.165, 1.54) is 6.92 Å². The molecule has 1 amide bonds. The van der Waals surface area contributed by atoms with Crippen LogP contribution in [-0.2, 0) is 0 Å². The van der Waals surface area contributed by atoms with Gasteiger partial charge >= 0.3 is 0 Å². The molecule has 2 aromatic rings. The van der Waals surface area contributed by atoms with Crippen LogP contribution >= 0.6 is 0 Å². The maximum Gasteiger partial charge on any atom is 0.255 e. The number of nitrogens with one attached hydrogen (secondary N) is 1. The van der Waals surface area contributed by atoms with E-state index in [0.717, 1.165) is 5.56 Å². The van der Waals surface area contributed by atoms with Crippen molar-refractivity contribution in [3.63, 3.8) is 0 Å². The van der Waals surface area contributed by atoms with Gasteiger partial charge in [-0.3, -0.25) is 9.59 Å². The third-order valence-corrected chi connectivity index (χ3v) is 2.84. The molecule has 0 aliphatic carbocycles. The smallest absolute Gasteiger partial charge is 0.255 e. The quantitative estimate of drug-likeness (QED) is 0.851. The lowest BCUT2D eigenvalue weighted by atomic mass is 10.1. The van der Waals surface area contributed by atoms with Crippen LogP contribution in [0.2, 0.25) is 0 Å². The summed E-state index contributed by atoms with van der Waals surface area (Å²) in [5, 5.41) is 2.78. The first kappa shape index (κ1) is 13.0. The largest absolute Gasteiger partial charge is 0.322 e. The molecule has 0 aliphatic rings. The molecule has 0 saturated carbocycles. The zero-order valence-corrected chi connectivity index (χ0v) is 10.9. The number of carbonyl (C=O) groups is 2. The summed E-state index contributed by atoms with van der Waals surface area (Å²) in [4.78, 5) is 23.3. The predicted molar refractivity (Wildman–Crippen MR) is 75.6 cm³/mol. The fraction of sp³-hybridized carbons (Fsp3) is 0.125. The summed E-state index contributed by atoms with van der Waals surface area (Å²) in [6, 6.07) is 14.2. The van der Waals surface area contributed by atoms with Gasteiger partial charge in [0.25, 0.3) is 5.91 Å². The van der Waals surface area contributed by atoms with Gasteiger partial charge in [0, 0.05) is 16.8 Å². The van der Waals surface area contributed by atoms with Crippen molar-refractivity contribution in [2.24, 2.45) is 0 Å². The first-order valence-electron chi connectivity index (χ1n) is 6.05. The van der Waals surface area contributed by atoms with Crippen LogP contribution in [0, 0.1) is 6.92 Å². The van der Waals surface area contributed by atoms with E-state index >= 15 is 0 Å². The number of hydrogen-bond donors (Lipinski definition) is 1. The Morgan fingerprint density at radius 3 is 2.26 bits per heavy atom. The topological polar surface area (TPSA) is 46.2 Å². The van der Waals surface area contributed by atoms with Gasteiger partial charge in [-0.1, -0.05) is 29.8 Å². The van der Waals surface area contributed by atoms with Gasteiger partial charge in [0.15, 0.2) is 5.78 Å². The lowest BCUT2D eigenvalue weighted by molar-refractivity contribution is 0.101. The Kier molecular flexibility index (Phi) is 3.76. The molecule has 0 bridgehead atoms. The van der Waals surface area contributed by atoms with E-state index in [2.05, 4.69) is 5.32 Å². The van der Waals surface area contributed by atoms with E-state index in [9.17, 15) is 9.59 Å². The zero-order valence-electron chi connectivity index (χ0n) is 10.9. The van der Waals surface area contributed by atoms with Crippen molar-refractivity contribution in [1.82, 2.24) is 0 Å². The lowest BCUT2D eigenvalue weighted by Crippen LogP contribution is -2.12. The van der Waals surface area contributed by atoms with E-state index in [1.54, 1.807) is 36.4 Å². The molecule has 0 saturated heterocycles. The Hall–Kier alpha value is -2.42. The second-order valence-electron chi connectivity index (χ2n) is 4.46. The van der Waals surface area contributed by atoms with E-state index in [0.29, 0.717) is 16.8 Å². The standard InChI is InChI=1S/C16H15NO2/c1-11-6-8-13(9-7-11)16(19)17-15-5-3-4-14(10-15)12(2)18/h3-10H,1-2H3,(H,17,19). The highest BCUT2D eigenvalue weighted by Gasteiger charge is 2.06. The van der Waals surface area contributed by atoms with Gasteiger partial charge in [-0.2, -0.15) is 0 Å². The summed E-state index contributed by atoms with van der Waals surface area (Å²) in [7, 11) is 0. The van der Waals surface area contributed by atoms with Crippen molar-refractivity contribution in [2.75, 3.05) is 5.32 Å². The van der Waals surface area contributed by atoms with Crippen LogP contribution in [0.4, 0.5) is 5.69 Å². The van der Waals surface area contributed by atoms with Crippen molar-refractivity contribution < 1.29 is 9.59 Å². The van der Waals surface area contributed by atoms with Crippen molar-refractivity contribution in [3.05, 3.63) is 65.2 Å². The fourth-order valence-electron chi connectivity index (χ4n) is 1.72. The average molecular weight is 253 g/mol. The monoisotopic (exact) mass is 253 g/mol. The van der Waals surface area contributed by atoms with Crippen LogP contribution in [0.25, 0.3) is 0 Å². The number of ketones is 1. The molecule has 0 unspecified atom stereocenters. The fourth-order valence-corrected chi connectivity index (χ4v) is 1.72. The predicted octanol–water partition coefficient (Wildman–Crippen LogP) is 3.45. The zero-order chi connectivity index (χ0) is 13.8. The maximum atomic E-state index is 12.0. The molecule has 0 radical (unpaired) electrons. The minimum atomic E-state index is -0.180. The highest BCUT2D eigenvalue weighted by Crippen LogP contribution is 2.13. The molecule has 0 aliphatic heterocycles. The van der Waals surface area contributed by atoms with Gasteiger partial charge in [-0.15, -0.1) is 0 Å². The number of carbonyl (C=O) groups excluding carboxylic acids is 2. The molecular formula is C16H15NO2. The number of Topliss-reactive ketones (excluding diaryl/α,β-unsaturated/α-hetero) is 1. The van der Waals surface area contributed by atoms with Crippen molar-refractivity contribution >= 4 is 17.4 Å². The molecule has 2 aromatic carbocycles. The normalized spacial score (nSPS) is 10.0. The minimum absolute atomic E-state index is 0.0218. The molecule has 1 N–H and O–H groups in total. The van der Waals surface area contributed by atoms with Crippen LogP contribution in [-0.4, -0.2) is 11.7 Å². The summed E-state index contributed by atoms with van der Waals surface area (Å²) >= 11 is 0. The second kappa shape index (κ2) is 5.48. The van der Waals surface area contributed by atoms with E-state index < -0.39 is 0 Å². The minimum Gasteiger partial charge on any atom is -0.322 e. The number of anilines is 1. The Morgan fingerprint density at radius 2 is 1.63 bits per heavy atom. The SMILES string of the molecule is CC(=O)c1cccc(NC(=O)c2ccc(C)cc2)c1. The molecule has 2 rings (SSSR count). The number of amides is 1. The molecule has 0 heterocycles. The molecule has 3 heteroatoms. The van der Waals surface area contributed by atoms with Crippen molar-refractivity contribution in [3.8, 4) is 0 Å². The molecule has 19 heavy (non-hydrogen) atoms. The van der Waals surface area contributed by atoms with Crippen molar-refractivity contribution in [1.29, 1.82) is 0 Å². The third-order valence-electron chi connectivity index (χ3n) is 2.84. The Morgan fingerprint density at radius 1 is 0.947 bits per heavy atom. The number of aryl methyl sites for hydroxylation is 1. The van der Waals surface area contributed by atoms with Crippen LogP contribution in [0.5, 0.6) is 0 Å². The summed E-state index contributed by atoms with van der Waals surface area (Å²) < 4.78 is 0. The van der Waals surface area contributed by atoms with Gasteiger partial charge in [0.2, 0.25) is 0 Å². The summed E-state index contributed by atoms with van der Waals surface area (Å²) in [6.07, 6.45) is 0. The molecule has 0 atom stereocenters. The number of benzene rings is 2. The Balaban J connectivity index is 2.17. The average Bonchev–Trinajstić information content (AvgIpc) is 2.39. The van der Waals surface area contributed by atoms with Crippen LogP contribution in [0.1, 0.15) is 33.2 Å². The molecular weight excluding hydrogens is 238 g/mol.